The molecule has 1 saturated heterocycles. The number of nitrogen functional groups attached to an aromatic ring is 1. The molecule has 2 nitrogen and oxygen atoms in total. The fourth-order valence-corrected chi connectivity index (χ4v) is 3.82. The number of hydrogen-bond donors (Lipinski definition) is 1. The van der Waals surface area contributed by atoms with E-state index in [0.29, 0.717) is 17.8 Å². The van der Waals surface area contributed by atoms with Crippen LogP contribution in [-0.4, -0.2) is 12.1 Å². The van der Waals surface area contributed by atoms with Crippen LogP contribution in [0.4, 0.5) is 11.4 Å². The van der Waals surface area contributed by atoms with Crippen molar-refractivity contribution >= 4 is 38.9 Å². The van der Waals surface area contributed by atoms with Gasteiger partial charge in [0.1, 0.15) is 0 Å². The van der Waals surface area contributed by atoms with E-state index in [-0.39, 0.29) is 0 Å². The van der Waals surface area contributed by atoms with Crippen LogP contribution in [-0.2, 0) is 0 Å². The molecule has 2 atom stereocenters. The summed E-state index contributed by atoms with van der Waals surface area (Å²) in [5.74, 6) is 0. The number of hydrogen-bond acceptors (Lipinski definition) is 2. The molecule has 2 N–H and O–H groups in total. The highest BCUT2D eigenvalue weighted by Gasteiger charge is 2.28. The maximum Gasteiger partial charge on any atom is 0.0706 e. The summed E-state index contributed by atoms with van der Waals surface area (Å²) in [5.41, 5.74) is 7.58. The molecule has 0 amide bonds. The second kappa shape index (κ2) is 5.07. The zero-order valence-electron chi connectivity index (χ0n) is 10.2. The van der Waals surface area contributed by atoms with Gasteiger partial charge < -0.3 is 10.6 Å². The van der Waals surface area contributed by atoms with Crippen molar-refractivity contribution in [2.45, 2.75) is 45.2 Å². The highest BCUT2D eigenvalue weighted by molar-refractivity contribution is 9.10. The number of nitrogens with zero attached hydrogens (tertiary/aromatic N) is 1. The first-order valence-corrected chi connectivity index (χ1v) is 7.20. The SMILES string of the molecule is C[C@@H]1CCC[C@@H](C)N1c1c(Cl)cc(N)cc1Br. The Hall–Kier alpha value is -0.410. The topological polar surface area (TPSA) is 29.3 Å². The molecule has 1 aromatic rings. The number of nitrogens with two attached hydrogens (primary N) is 1. The number of anilines is 2. The van der Waals surface area contributed by atoms with Crippen LogP contribution in [0.5, 0.6) is 0 Å². The van der Waals surface area contributed by atoms with Gasteiger partial charge in [0.05, 0.1) is 10.7 Å². The van der Waals surface area contributed by atoms with Crippen molar-refractivity contribution in [2.24, 2.45) is 0 Å². The van der Waals surface area contributed by atoms with Crippen LogP contribution >= 0.6 is 27.5 Å². The summed E-state index contributed by atoms with van der Waals surface area (Å²) in [6.07, 6.45) is 3.73. The number of rotatable bonds is 1. The molecule has 1 aliphatic heterocycles. The maximum absolute atomic E-state index is 6.35. The van der Waals surface area contributed by atoms with Crippen LogP contribution in [0.2, 0.25) is 5.02 Å². The summed E-state index contributed by atoms with van der Waals surface area (Å²) in [6.45, 7) is 4.52. The lowest BCUT2D eigenvalue weighted by molar-refractivity contribution is 0.414. The lowest BCUT2D eigenvalue weighted by atomic mass is 9.96. The lowest BCUT2D eigenvalue weighted by Gasteiger charge is -2.42. The molecule has 0 radical (unpaired) electrons. The molecule has 0 bridgehead atoms. The van der Waals surface area contributed by atoms with Gasteiger partial charge in [-0.05, 0) is 61.2 Å². The number of piperidine rings is 1. The summed E-state index contributed by atoms with van der Waals surface area (Å²) < 4.78 is 0.989. The average Bonchev–Trinajstić information content (AvgIpc) is 2.21. The molecular formula is C13H18BrClN2. The van der Waals surface area contributed by atoms with Crippen LogP contribution in [0.15, 0.2) is 16.6 Å². The Kier molecular flexibility index (Phi) is 3.88. The van der Waals surface area contributed by atoms with Crippen molar-refractivity contribution in [2.75, 3.05) is 10.6 Å². The number of benzene rings is 1. The first kappa shape index (κ1) is 13.0. The van der Waals surface area contributed by atoms with Gasteiger partial charge in [-0.25, -0.2) is 0 Å². The smallest absolute Gasteiger partial charge is 0.0706 e. The molecule has 94 valence electrons. The number of halogens is 2. The van der Waals surface area contributed by atoms with Crippen LogP contribution in [0, 0.1) is 0 Å². The van der Waals surface area contributed by atoms with E-state index >= 15 is 0 Å². The van der Waals surface area contributed by atoms with E-state index in [4.69, 9.17) is 17.3 Å². The lowest BCUT2D eigenvalue weighted by Crippen LogP contribution is -2.44. The normalized spacial score (nSPS) is 25.1. The van der Waals surface area contributed by atoms with Crippen LogP contribution in [0.1, 0.15) is 33.1 Å². The second-order valence-corrected chi connectivity index (χ2v) is 6.13. The van der Waals surface area contributed by atoms with Crippen molar-refractivity contribution in [1.29, 1.82) is 0 Å². The van der Waals surface area contributed by atoms with Crippen molar-refractivity contribution in [3.8, 4) is 0 Å². The minimum Gasteiger partial charge on any atom is -0.399 e. The molecule has 1 aliphatic rings. The fraction of sp³-hybridized carbons (Fsp3) is 0.538. The molecule has 4 heteroatoms. The fourth-order valence-electron chi connectivity index (χ4n) is 2.69. The van der Waals surface area contributed by atoms with E-state index in [1.807, 2.05) is 12.1 Å². The Morgan fingerprint density at radius 2 is 1.88 bits per heavy atom. The molecule has 0 saturated carbocycles. The van der Waals surface area contributed by atoms with Crippen LogP contribution in [0.3, 0.4) is 0 Å². The first-order chi connectivity index (χ1) is 8.00. The van der Waals surface area contributed by atoms with Crippen molar-refractivity contribution < 1.29 is 0 Å². The molecule has 0 aliphatic carbocycles. The predicted octanol–water partition coefficient (Wildman–Crippen LogP) is 4.45. The Labute approximate surface area is 116 Å². The van der Waals surface area contributed by atoms with E-state index in [1.54, 1.807) is 0 Å². The van der Waals surface area contributed by atoms with E-state index in [9.17, 15) is 0 Å². The standard InChI is InChI=1S/C13H18BrClN2/c1-8-4-3-5-9(2)17(8)13-11(14)6-10(16)7-12(13)15/h6-9H,3-5,16H2,1-2H3/t8-,9-/m1/s1. The second-order valence-electron chi connectivity index (χ2n) is 4.87. The van der Waals surface area contributed by atoms with Crippen LogP contribution < -0.4 is 10.6 Å². The quantitative estimate of drug-likeness (QED) is 0.775. The van der Waals surface area contributed by atoms with E-state index in [0.717, 1.165) is 15.2 Å². The zero-order chi connectivity index (χ0) is 12.6. The monoisotopic (exact) mass is 316 g/mol. The van der Waals surface area contributed by atoms with Gasteiger partial charge in [-0.1, -0.05) is 11.6 Å². The zero-order valence-corrected chi connectivity index (χ0v) is 12.6. The molecule has 1 aromatic carbocycles. The Morgan fingerprint density at radius 1 is 1.29 bits per heavy atom. The summed E-state index contributed by atoms with van der Waals surface area (Å²) in [6, 6.07) is 4.80. The van der Waals surface area contributed by atoms with Gasteiger partial charge >= 0.3 is 0 Å². The third-order valence-corrected chi connectivity index (χ3v) is 4.38. The highest BCUT2D eigenvalue weighted by atomic mass is 79.9. The summed E-state index contributed by atoms with van der Waals surface area (Å²) >= 11 is 9.93. The third kappa shape index (κ3) is 2.55. The van der Waals surface area contributed by atoms with Crippen molar-refractivity contribution in [3.05, 3.63) is 21.6 Å². The van der Waals surface area contributed by atoms with Crippen molar-refractivity contribution in [3.63, 3.8) is 0 Å². The first-order valence-electron chi connectivity index (χ1n) is 6.03. The van der Waals surface area contributed by atoms with Gasteiger partial charge in [0.25, 0.3) is 0 Å². The summed E-state index contributed by atoms with van der Waals surface area (Å²) in [4.78, 5) is 2.41. The van der Waals surface area contributed by atoms with Crippen LogP contribution in [0.25, 0.3) is 0 Å². The molecule has 0 spiro atoms. The maximum atomic E-state index is 6.35. The summed E-state index contributed by atoms with van der Waals surface area (Å²) in [7, 11) is 0. The molecular weight excluding hydrogens is 300 g/mol. The predicted molar refractivity (Wildman–Crippen MR) is 78.8 cm³/mol. The Morgan fingerprint density at radius 3 is 2.41 bits per heavy atom. The van der Waals surface area contributed by atoms with E-state index in [1.165, 1.54) is 19.3 Å². The van der Waals surface area contributed by atoms with Gasteiger partial charge in [0.2, 0.25) is 0 Å². The van der Waals surface area contributed by atoms with Gasteiger partial charge in [-0.2, -0.15) is 0 Å². The highest BCUT2D eigenvalue weighted by Crippen LogP contribution is 2.40. The average molecular weight is 318 g/mol. The molecule has 1 fully saturated rings. The van der Waals surface area contributed by atoms with E-state index in [2.05, 4.69) is 34.7 Å². The molecule has 0 aromatic heterocycles. The van der Waals surface area contributed by atoms with Gasteiger partial charge in [-0.15, -0.1) is 0 Å². The minimum atomic E-state index is 0.524. The molecule has 17 heavy (non-hydrogen) atoms. The molecule has 2 rings (SSSR count). The van der Waals surface area contributed by atoms with E-state index < -0.39 is 0 Å². The van der Waals surface area contributed by atoms with Gasteiger partial charge in [0, 0.05) is 22.2 Å². The minimum absolute atomic E-state index is 0.524. The largest absolute Gasteiger partial charge is 0.399 e. The van der Waals surface area contributed by atoms with Gasteiger partial charge in [-0.3, -0.25) is 0 Å². The molecule has 0 unspecified atom stereocenters. The Balaban J connectivity index is 2.44. The van der Waals surface area contributed by atoms with Crippen molar-refractivity contribution in [1.82, 2.24) is 0 Å². The third-order valence-electron chi connectivity index (χ3n) is 3.49. The summed E-state index contributed by atoms with van der Waals surface area (Å²) in [5, 5.41) is 0.734. The molecule has 1 heterocycles. The Bertz CT molecular complexity index is 389. The van der Waals surface area contributed by atoms with Gasteiger partial charge in [0.15, 0.2) is 0 Å².